The summed E-state index contributed by atoms with van der Waals surface area (Å²) in [4.78, 5) is 4.15. The van der Waals surface area contributed by atoms with Gasteiger partial charge in [-0.2, -0.15) is 0 Å². The minimum atomic E-state index is -1.83. The molecule has 0 rings (SSSR count). The van der Waals surface area contributed by atoms with E-state index >= 15 is 0 Å². The summed E-state index contributed by atoms with van der Waals surface area (Å²) in [6, 6.07) is 0. The zero-order valence-corrected chi connectivity index (χ0v) is 17.0. The second-order valence-corrected chi connectivity index (χ2v) is 14.5. The fraction of sp³-hybridized carbons (Fsp3) is 0.769. The number of aliphatic imine (C=N–C) groups is 1. The lowest BCUT2D eigenvalue weighted by Gasteiger charge is -2.32. The summed E-state index contributed by atoms with van der Waals surface area (Å²) in [7, 11) is 0.528. The van der Waals surface area contributed by atoms with E-state index in [4.69, 9.17) is 14.9 Å². The van der Waals surface area contributed by atoms with Crippen LogP contribution in [-0.4, -0.2) is 41.6 Å². The summed E-state index contributed by atoms with van der Waals surface area (Å²) in [5.74, 6) is 0. The molecule has 2 atom stereocenters. The highest BCUT2D eigenvalue weighted by Gasteiger charge is 2.36. The van der Waals surface area contributed by atoms with Crippen LogP contribution in [-0.2, 0) is 10.9 Å². The first-order valence-corrected chi connectivity index (χ1v) is 11.5. The van der Waals surface area contributed by atoms with Crippen LogP contribution >= 0.6 is 0 Å². The predicted octanol–water partition coefficient (Wildman–Crippen LogP) is 1.81. The molecule has 0 amide bonds. The molecule has 0 aliphatic rings. The fourth-order valence-corrected chi connectivity index (χ4v) is 4.95. The SMILES string of the molecule is CC(C=NC[C@@](C)(O)[Si])=C(N)S(N)=N[Si](C)(C)C(C)(C)C. The van der Waals surface area contributed by atoms with E-state index in [9.17, 15) is 5.11 Å². The van der Waals surface area contributed by atoms with Crippen LogP contribution in [0.2, 0.25) is 18.1 Å². The zero-order chi connectivity index (χ0) is 17.1. The Kier molecular flexibility index (Phi) is 7.22. The Labute approximate surface area is 136 Å². The molecule has 0 saturated carbocycles. The summed E-state index contributed by atoms with van der Waals surface area (Å²) in [5, 5.41) is 15.4. The molecule has 0 spiro atoms. The van der Waals surface area contributed by atoms with Gasteiger partial charge in [-0.25, -0.2) is 0 Å². The van der Waals surface area contributed by atoms with E-state index in [0.717, 1.165) is 5.57 Å². The highest BCUT2D eigenvalue weighted by molar-refractivity contribution is 7.89. The van der Waals surface area contributed by atoms with E-state index in [-0.39, 0.29) is 11.6 Å². The molecule has 1 unspecified atom stereocenters. The minimum Gasteiger partial charge on any atom is -0.393 e. The zero-order valence-electron chi connectivity index (χ0n) is 14.2. The molecular weight excluding hydrogens is 316 g/mol. The van der Waals surface area contributed by atoms with Crippen molar-refractivity contribution in [3.05, 3.63) is 10.6 Å². The Morgan fingerprint density at radius 2 is 1.81 bits per heavy atom. The number of nitrogens with zero attached hydrogens (tertiary/aromatic N) is 2. The summed E-state index contributed by atoms with van der Waals surface area (Å²) in [5.41, 5.74) is 6.88. The first-order chi connectivity index (χ1) is 9.17. The van der Waals surface area contributed by atoms with E-state index in [1.54, 1.807) is 13.1 Å². The van der Waals surface area contributed by atoms with Crippen molar-refractivity contribution in [2.24, 2.45) is 19.9 Å². The van der Waals surface area contributed by atoms with Crippen molar-refractivity contribution in [2.75, 3.05) is 6.54 Å². The van der Waals surface area contributed by atoms with Gasteiger partial charge in [-0.05, 0) is 37.6 Å². The number of nitrogens with two attached hydrogens (primary N) is 2. The molecule has 0 heterocycles. The van der Waals surface area contributed by atoms with Gasteiger partial charge in [0.15, 0.2) is 8.24 Å². The first-order valence-electron chi connectivity index (χ1n) is 6.82. The van der Waals surface area contributed by atoms with Crippen molar-refractivity contribution in [3.8, 4) is 0 Å². The van der Waals surface area contributed by atoms with Gasteiger partial charge in [-0.15, -0.1) is 0 Å². The fourth-order valence-electron chi connectivity index (χ4n) is 1.02. The Hall–Kier alpha value is -0.286. The number of allylic oxidation sites excluding steroid dienone is 1. The topological polar surface area (TPSA) is 97.0 Å². The molecule has 0 aliphatic heterocycles. The quantitative estimate of drug-likeness (QED) is 0.523. The summed E-state index contributed by atoms with van der Waals surface area (Å²) < 4.78 is 4.80. The lowest BCUT2D eigenvalue weighted by Crippen LogP contribution is -2.37. The third kappa shape index (κ3) is 7.50. The van der Waals surface area contributed by atoms with Crippen molar-refractivity contribution in [1.29, 1.82) is 0 Å². The lowest BCUT2D eigenvalue weighted by atomic mass is 10.2. The van der Waals surface area contributed by atoms with Gasteiger partial charge < -0.3 is 10.8 Å². The van der Waals surface area contributed by atoms with Crippen LogP contribution in [0.5, 0.6) is 0 Å². The molecule has 0 aromatic carbocycles. The molecule has 0 aromatic rings. The molecular formula is C13H29N4OSSi2. The van der Waals surface area contributed by atoms with Crippen molar-refractivity contribution in [3.63, 3.8) is 0 Å². The van der Waals surface area contributed by atoms with Gasteiger partial charge in [0.25, 0.3) is 0 Å². The van der Waals surface area contributed by atoms with Gasteiger partial charge in [-0.1, -0.05) is 20.8 Å². The maximum absolute atomic E-state index is 9.54. The van der Waals surface area contributed by atoms with E-state index in [2.05, 4.69) is 49.1 Å². The second-order valence-electron chi connectivity index (χ2n) is 7.01. The number of rotatable bonds is 5. The van der Waals surface area contributed by atoms with Gasteiger partial charge >= 0.3 is 0 Å². The molecule has 8 heteroatoms. The molecule has 3 radical (unpaired) electrons. The molecule has 0 aromatic heterocycles. The van der Waals surface area contributed by atoms with Crippen molar-refractivity contribution in [1.82, 2.24) is 0 Å². The van der Waals surface area contributed by atoms with Gasteiger partial charge in [0, 0.05) is 17.1 Å². The molecule has 0 saturated heterocycles. The highest BCUT2D eigenvalue weighted by Crippen LogP contribution is 2.37. The monoisotopic (exact) mass is 345 g/mol. The first kappa shape index (κ1) is 20.7. The lowest BCUT2D eigenvalue weighted by molar-refractivity contribution is 0.158. The molecule has 0 aliphatic carbocycles. The molecule has 0 bridgehead atoms. The Bertz CT molecular complexity index is 460. The molecule has 5 N–H and O–H groups in total. The van der Waals surface area contributed by atoms with E-state index < -0.39 is 24.3 Å². The van der Waals surface area contributed by atoms with Gasteiger partial charge in [0.1, 0.15) is 0 Å². The predicted molar refractivity (Wildman–Crippen MR) is 97.8 cm³/mol. The Morgan fingerprint density at radius 1 is 1.33 bits per heavy atom. The number of aliphatic hydroxyl groups is 1. The van der Waals surface area contributed by atoms with Crippen LogP contribution < -0.4 is 10.9 Å². The van der Waals surface area contributed by atoms with Crippen LogP contribution in [0.3, 0.4) is 0 Å². The molecule has 21 heavy (non-hydrogen) atoms. The molecule has 121 valence electrons. The second kappa shape index (κ2) is 7.32. The maximum Gasteiger partial charge on any atom is 0.191 e. The third-order valence-electron chi connectivity index (χ3n) is 3.46. The van der Waals surface area contributed by atoms with Crippen molar-refractivity contribution < 1.29 is 5.11 Å². The average Bonchev–Trinajstić information content (AvgIpc) is 2.23. The summed E-state index contributed by atoms with van der Waals surface area (Å²) in [6.45, 7) is 14.7. The van der Waals surface area contributed by atoms with Gasteiger partial charge in [0.05, 0.1) is 27.0 Å². The maximum atomic E-state index is 9.54. The Morgan fingerprint density at radius 3 is 2.19 bits per heavy atom. The molecule has 5 nitrogen and oxygen atoms in total. The van der Waals surface area contributed by atoms with E-state index in [1.165, 1.54) is 0 Å². The van der Waals surface area contributed by atoms with Gasteiger partial charge in [-0.3, -0.25) is 14.2 Å². The average molecular weight is 346 g/mol. The highest BCUT2D eigenvalue weighted by atomic mass is 32.2. The normalized spacial score (nSPS) is 19.5. The van der Waals surface area contributed by atoms with Crippen LogP contribution in [0.1, 0.15) is 34.6 Å². The smallest absolute Gasteiger partial charge is 0.191 e. The largest absolute Gasteiger partial charge is 0.393 e. The number of hydrogen-bond donors (Lipinski definition) is 3. The Balaban J connectivity index is 5.22. The van der Waals surface area contributed by atoms with Gasteiger partial charge in [0.2, 0.25) is 0 Å². The standard InChI is InChI=1S/C13H29N4OSSi2/c1-10(8-16-9-13(5,18)20)11(14)19(15)17-21(6,7)12(2,3)4/h8,18H,9,14H2,1-7H3,(H2,15,17)/t13-,19?/m0/s1. The number of hydrogen-bond acceptors (Lipinski definition) is 4. The van der Waals surface area contributed by atoms with Crippen molar-refractivity contribution in [2.45, 2.75) is 58.0 Å². The summed E-state index contributed by atoms with van der Waals surface area (Å²) >= 11 is 0. The van der Waals surface area contributed by atoms with Crippen LogP contribution in [0.15, 0.2) is 19.6 Å². The van der Waals surface area contributed by atoms with Crippen molar-refractivity contribution >= 4 is 35.6 Å². The van der Waals surface area contributed by atoms with Crippen LogP contribution in [0, 0.1) is 0 Å². The van der Waals surface area contributed by atoms with E-state index in [0.29, 0.717) is 5.03 Å². The summed E-state index contributed by atoms with van der Waals surface area (Å²) in [6.07, 6.45) is 1.64. The van der Waals surface area contributed by atoms with Crippen LogP contribution in [0.25, 0.3) is 0 Å². The minimum absolute atomic E-state index is 0.133. The van der Waals surface area contributed by atoms with Crippen LogP contribution in [0.4, 0.5) is 0 Å². The molecule has 0 fully saturated rings. The van der Waals surface area contributed by atoms with E-state index in [1.807, 2.05) is 6.92 Å². The third-order valence-corrected chi connectivity index (χ3v) is 10.7.